The summed E-state index contributed by atoms with van der Waals surface area (Å²) in [5.74, 6) is 0.966. The molecule has 0 fully saturated rings. The number of aryl methyl sites for hydroxylation is 1. The van der Waals surface area contributed by atoms with E-state index in [2.05, 4.69) is 6.92 Å². The van der Waals surface area contributed by atoms with E-state index in [-0.39, 0.29) is 5.82 Å². The van der Waals surface area contributed by atoms with E-state index in [9.17, 15) is 4.39 Å². The first-order valence-electron chi connectivity index (χ1n) is 5.80. The van der Waals surface area contributed by atoms with Gasteiger partial charge in [0, 0.05) is 6.07 Å². The number of halogens is 1. The van der Waals surface area contributed by atoms with Gasteiger partial charge >= 0.3 is 0 Å². The molecule has 0 spiro atoms. The summed E-state index contributed by atoms with van der Waals surface area (Å²) in [6.07, 6.45) is 2.20. The Kier molecular flexibility index (Phi) is 3.76. The molecule has 0 saturated heterocycles. The summed E-state index contributed by atoms with van der Waals surface area (Å²) in [4.78, 5) is 0. The Morgan fingerprint density at radius 1 is 1.00 bits per heavy atom. The first-order valence-corrected chi connectivity index (χ1v) is 5.80. The molecule has 2 rings (SSSR count). The Morgan fingerprint density at radius 2 is 1.76 bits per heavy atom. The fourth-order valence-electron chi connectivity index (χ4n) is 1.68. The maximum atomic E-state index is 13.0. The van der Waals surface area contributed by atoms with E-state index in [1.54, 1.807) is 12.1 Å². The minimum Gasteiger partial charge on any atom is -0.457 e. The molecule has 0 heterocycles. The highest BCUT2D eigenvalue weighted by Crippen LogP contribution is 2.22. The second-order valence-corrected chi connectivity index (χ2v) is 3.95. The molecule has 0 aromatic heterocycles. The fraction of sp³-hybridized carbons (Fsp3) is 0.200. The van der Waals surface area contributed by atoms with Crippen LogP contribution in [-0.2, 0) is 6.42 Å². The molecule has 0 aliphatic carbocycles. The van der Waals surface area contributed by atoms with Gasteiger partial charge in [0.1, 0.15) is 17.3 Å². The normalized spacial score (nSPS) is 10.2. The molecule has 0 bridgehead atoms. The van der Waals surface area contributed by atoms with E-state index in [0.717, 1.165) is 18.6 Å². The van der Waals surface area contributed by atoms with Crippen LogP contribution in [0.2, 0.25) is 0 Å². The van der Waals surface area contributed by atoms with Gasteiger partial charge in [-0.1, -0.05) is 31.5 Å². The summed E-state index contributed by atoms with van der Waals surface area (Å²) < 4.78 is 18.5. The zero-order valence-electron chi connectivity index (χ0n) is 9.82. The average Bonchev–Trinajstić information content (AvgIpc) is 2.32. The van der Waals surface area contributed by atoms with Gasteiger partial charge in [0.2, 0.25) is 0 Å². The Balaban J connectivity index is 2.08. The molecule has 2 aromatic rings. The molecule has 17 heavy (non-hydrogen) atoms. The molecule has 0 radical (unpaired) electrons. The van der Waals surface area contributed by atoms with Gasteiger partial charge in [-0.2, -0.15) is 0 Å². The quantitative estimate of drug-likeness (QED) is 0.747. The van der Waals surface area contributed by atoms with Crippen LogP contribution in [0, 0.1) is 5.82 Å². The van der Waals surface area contributed by atoms with E-state index in [4.69, 9.17) is 4.74 Å². The molecule has 2 heteroatoms. The van der Waals surface area contributed by atoms with Gasteiger partial charge in [0.15, 0.2) is 0 Å². The van der Waals surface area contributed by atoms with E-state index in [0.29, 0.717) is 5.75 Å². The lowest BCUT2D eigenvalue weighted by Crippen LogP contribution is -1.87. The molecule has 0 aliphatic rings. The molecule has 2 aromatic carbocycles. The summed E-state index contributed by atoms with van der Waals surface area (Å²) in [5, 5.41) is 0. The van der Waals surface area contributed by atoms with Crippen molar-refractivity contribution in [2.45, 2.75) is 19.8 Å². The van der Waals surface area contributed by atoms with Crippen LogP contribution in [0.25, 0.3) is 0 Å². The highest BCUT2D eigenvalue weighted by Gasteiger charge is 1.99. The third kappa shape index (κ3) is 3.31. The third-order valence-electron chi connectivity index (χ3n) is 2.49. The molecule has 0 aliphatic heterocycles. The fourth-order valence-corrected chi connectivity index (χ4v) is 1.68. The predicted octanol–water partition coefficient (Wildman–Crippen LogP) is 4.57. The van der Waals surface area contributed by atoms with Gasteiger partial charge in [-0.25, -0.2) is 4.39 Å². The Bertz CT molecular complexity index is 477. The summed E-state index contributed by atoms with van der Waals surface area (Å²) >= 11 is 0. The highest BCUT2D eigenvalue weighted by molar-refractivity contribution is 5.33. The van der Waals surface area contributed by atoms with Crippen molar-refractivity contribution in [2.24, 2.45) is 0 Å². The Morgan fingerprint density at radius 3 is 2.41 bits per heavy atom. The lowest BCUT2D eigenvalue weighted by molar-refractivity contribution is 0.476. The van der Waals surface area contributed by atoms with Crippen LogP contribution in [0.15, 0.2) is 48.5 Å². The zero-order chi connectivity index (χ0) is 12.1. The van der Waals surface area contributed by atoms with E-state index >= 15 is 0 Å². The average molecular weight is 230 g/mol. The van der Waals surface area contributed by atoms with Crippen LogP contribution in [0.1, 0.15) is 18.9 Å². The highest BCUT2D eigenvalue weighted by atomic mass is 19.1. The lowest BCUT2D eigenvalue weighted by atomic mass is 10.1. The second kappa shape index (κ2) is 5.48. The number of rotatable bonds is 4. The molecule has 88 valence electrons. The van der Waals surface area contributed by atoms with Crippen molar-refractivity contribution in [3.63, 3.8) is 0 Å². The predicted molar refractivity (Wildman–Crippen MR) is 66.9 cm³/mol. The first kappa shape index (κ1) is 11.6. The van der Waals surface area contributed by atoms with E-state index in [1.165, 1.54) is 17.7 Å². The molecular formula is C15H15FO. The summed E-state index contributed by atoms with van der Waals surface area (Å²) in [6.45, 7) is 2.15. The SMILES string of the molecule is CCCc1ccc(Oc2cccc(F)c2)cc1. The lowest BCUT2D eigenvalue weighted by Gasteiger charge is -2.06. The minimum absolute atomic E-state index is 0.287. The topological polar surface area (TPSA) is 9.23 Å². The van der Waals surface area contributed by atoms with Crippen molar-refractivity contribution in [3.05, 3.63) is 59.9 Å². The number of benzene rings is 2. The second-order valence-electron chi connectivity index (χ2n) is 3.95. The van der Waals surface area contributed by atoms with E-state index in [1.807, 2.05) is 24.3 Å². The Hall–Kier alpha value is -1.83. The van der Waals surface area contributed by atoms with Crippen LogP contribution >= 0.6 is 0 Å². The largest absolute Gasteiger partial charge is 0.457 e. The van der Waals surface area contributed by atoms with Crippen LogP contribution < -0.4 is 4.74 Å². The summed E-state index contributed by atoms with van der Waals surface area (Å²) in [5.41, 5.74) is 1.29. The van der Waals surface area contributed by atoms with Crippen molar-refractivity contribution >= 4 is 0 Å². The monoisotopic (exact) mass is 230 g/mol. The van der Waals surface area contributed by atoms with Crippen LogP contribution in [0.4, 0.5) is 4.39 Å². The van der Waals surface area contributed by atoms with Gasteiger partial charge in [0.05, 0.1) is 0 Å². The molecule has 0 amide bonds. The van der Waals surface area contributed by atoms with Crippen LogP contribution in [-0.4, -0.2) is 0 Å². The summed E-state index contributed by atoms with van der Waals surface area (Å²) in [7, 11) is 0. The van der Waals surface area contributed by atoms with Crippen molar-refractivity contribution < 1.29 is 9.13 Å². The minimum atomic E-state index is -0.287. The smallest absolute Gasteiger partial charge is 0.130 e. The maximum absolute atomic E-state index is 13.0. The van der Waals surface area contributed by atoms with Gasteiger partial charge < -0.3 is 4.74 Å². The molecule has 0 atom stereocenters. The first-order chi connectivity index (χ1) is 8.28. The van der Waals surface area contributed by atoms with Gasteiger partial charge in [-0.3, -0.25) is 0 Å². The number of hydrogen-bond acceptors (Lipinski definition) is 1. The maximum Gasteiger partial charge on any atom is 0.130 e. The van der Waals surface area contributed by atoms with Gasteiger partial charge in [0.25, 0.3) is 0 Å². The molecule has 0 unspecified atom stereocenters. The standard InChI is InChI=1S/C15H15FO/c1-2-4-12-7-9-14(10-8-12)17-15-6-3-5-13(16)11-15/h3,5-11H,2,4H2,1H3. The molecule has 1 nitrogen and oxygen atoms in total. The number of hydrogen-bond donors (Lipinski definition) is 0. The molecule has 0 saturated carbocycles. The zero-order valence-corrected chi connectivity index (χ0v) is 9.82. The van der Waals surface area contributed by atoms with Crippen molar-refractivity contribution in [1.82, 2.24) is 0 Å². The van der Waals surface area contributed by atoms with Gasteiger partial charge in [-0.05, 0) is 36.2 Å². The van der Waals surface area contributed by atoms with Gasteiger partial charge in [-0.15, -0.1) is 0 Å². The third-order valence-corrected chi connectivity index (χ3v) is 2.49. The van der Waals surface area contributed by atoms with Crippen molar-refractivity contribution in [2.75, 3.05) is 0 Å². The van der Waals surface area contributed by atoms with Crippen molar-refractivity contribution in [1.29, 1.82) is 0 Å². The van der Waals surface area contributed by atoms with Crippen molar-refractivity contribution in [3.8, 4) is 11.5 Å². The summed E-state index contributed by atoms with van der Waals surface area (Å²) in [6, 6.07) is 14.1. The molecule has 0 N–H and O–H groups in total. The Labute approximate surface area is 101 Å². The van der Waals surface area contributed by atoms with Crippen LogP contribution in [0.5, 0.6) is 11.5 Å². The van der Waals surface area contributed by atoms with Crippen LogP contribution in [0.3, 0.4) is 0 Å². The van der Waals surface area contributed by atoms with E-state index < -0.39 is 0 Å². The number of ether oxygens (including phenoxy) is 1. The molecular weight excluding hydrogens is 215 g/mol.